The summed E-state index contributed by atoms with van der Waals surface area (Å²) in [7, 11) is 0. The van der Waals surface area contributed by atoms with Gasteiger partial charge in [-0.1, -0.05) is 59.6 Å². The Morgan fingerprint density at radius 2 is 1.73 bits per heavy atom. The van der Waals surface area contributed by atoms with Crippen LogP contribution in [-0.4, -0.2) is 42.2 Å². The second-order valence-corrected chi connectivity index (χ2v) is 9.69. The molecule has 0 aliphatic carbocycles. The number of rotatable bonds is 2. The van der Waals surface area contributed by atoms with Crippen LogP contribution in [0.1, 0.15) is 27.0 Å². The molecule has 0 saturated heterocycles. The molecule has 0 saturated carbocycles. The van der Waals surface area contributed by atoms with Gasteiger partial charge in [-0.15, -0.1) is 0 Å². The Morgan fingerprint density at radius 1 is 0.838 bits per heavy atom. The number of halogens is 2. The van der Waals surface area contributed by atoms with Gasteiger partial charge >= 0.3 is 0 Å². The number of ether oxygens (including phenoxy) is 2. The second-order valence-electron chi connectivity index (χ2n) is 8.88. The van der Waals surface area contributed by atoms with Gasteiger partial charge in [0.25, 0.3) is 5.91 Å². The monoisotopic (exact) mass is 532 g/mol. The van der Waals surface area contributed by atoms with E-state index in [1.54, 1.807) is 29.3 Å². The van der Waals surface area contributed by atoms with Crippen LogP contribution in [0.3, 0.4) is 0 Å². The number of hydrogen-bond acceptors (Lipinski definition) is 4. The normalized spacial score (nSPS) is 14.3. The largest absolute Gasteiger partial charge is 0.491 e. The van der Waals surface area contributed by atoms with Gasteiger partial charge in [-0.05, 0) is 58.7 Å². The quantitative estimate of drug-likeness (QED) is 0.288. The minimum absolute atomic E-state index is 0.123. The molecule has 37 heavy (non-hydrogen) atoms. The highest BCUT2D eigenvalue weighted by Gasteiger charge is 2.18. The predicted molar refractivity (Wildman–Crippen MR) is 146 cm³/mol. The summed E-state index contributed by atoms with van der Waals surface area (Å²) < 4.78 is 11.9. The van der Waals surface area contributed by atoms with Gasteiger partial charge in [0.05, 0.1) is 23.3 Å². The van der Waals surface area contributed by atoms with Gasteiger partial charge in [0.1, 0.15) is 12.4 Å². The van der Waals surface area contributed by atoms with Crippen molar-refractivity contribution in [3.05, 3.63) is 117 Å². The molecule has 2 heterocycles. The molecule has 5 rings (SSSR count). The maximum atomic E-state index is 13.4. The van der Waals surface area contributed by atoms with E-state index in [0.29, 0.717) is 54.9 Å². The molecular weight excluding hydrogens is 507 g/mol. The van der Waals surface area contributed by atoms with E-state index in [-0.39, 0.29) is 5.91 Å². The fourth-order valence-electron chi connectivity index (χ4n) is 4.40. The SMILES string of the molecule is O=C(c1ccc(Cl)c(Cl)c1)N1CCOCCOc2ccc(-c3cccnc3)cc2Cc2cccc(c2)C1. The van der Waals surface area contributed by atoms with Crippen LogP contribution in [0.2, 0.25) is 10.0 Å². The molecule has 2 bridgehead atoms. The van der Waals surface area contributed by atoms with Gasteiger partial charge < -0.3 is 14.4 Å². The summed E-state index contributed by atoms with van der Waals surface area (Å²) >= 11 is 12.2. The molecule has 0 atom stereocenters. The number of amides is 1. The van der Waals surface area contributed by atoms with E-state index >= 15 is 0 Å². The van der Waals surface area contributed by atoms with Crippen LogP contribution in [0.15, 0.2) is 85.2 Å². The molecule has 0 spiro atoms. The number of hydrogen-bond donors (Lipinski definition) is 0. The Kier molecular flexibility index (Phi) is 8.05. The summed E-state index contributed by atoms with van der Waals surface area (Å²) in [6.07, 6.45) is 4.32. The first-order valence-electron chi connectivity index (χ1n) is 12.1. The number of benzene rings is 3. The Morgan fingerprint density at radius 3 is 2.57 bits per heavy atom. The van der Waals surface area contributed by atoms with Crippen LogP contribution in [0, 0.1) is 0 Å². The number of fused-ring (bicyclic) bond motifs is 3. The minimum atomic E-state index is -0.123. The third-order valence-electron chi connectivity index (χ3n) is 6.26. The molecule has 0 unspecified atom stereocenters. The van der Waals surface area contributed by atoms with Gasteiger partial charge in [-0.25, -0.2) is 0 Å². The molecule has 5 nitrogen and oxygen atoms in total. The van der Waals surface area contributed by atoms with Gasteiger partial charge in [0, 0.05) is 43.0 Å². The predicted octanol–water partition coefficient (Wildman–Crippen LogP) is 6.70. The highest BCUT2D eigenvalue weighted by Crippen LogP contribution is 2.29. The average Bonchev–Trinajstić information content (AvgIpc) is 2.92. The third-order valence-corrected chi connectivity index (χ3v) is 7.00. The maximum absolute atomic E-state index is 13.4. The van der Waals surface area contributed by atoms with Gasteiger partial charge in [0.15, 0.2) is 0 Å². The number of aromatic nitrogens is 1. The molecule has 188 valence electrons. The van der Waals surface area contributed by atoms with E-state index in [2.05, 4.69) is 29.2 Å². The molecule has 3 aromatic carbocycles. The lowest BCUT2D eigenvalue weighted by Gasteiger charge is -2.24. The van der Waals surface area contributed by atoms with Crippen LogP contribution in [0.25, 0.3) is 11.1 Å². The van der Waals surface area contributed by atoms with Crippen molar-refractivity contribution >= 4 is 29.1 Å². The smallest absolute Gasteiger partial charge is 0.254 e. The van der Waals surface area contributed by atoms with Gasteiger partial charge in [0.2, 0.25) is 0 Å². The molecule has 1 aliphatic heterocycles. The average molecular weight is 533 g/mol. The highest BCUT2D eigenvalue weighted by atomic mass is 35.5. The molecule has 1 aliphatic rings. The van der Waals surface area contributed by atoms with Crippen molar-refractivity contribution in [3.8, 4) is 16.9 Å². The van der Waals surface area contributed by atoms with Crippen LogP contribution in [-0.2, 0) is 17.7 Å². The first-order chi connectivity index (χ1) is 18.1. The van der Waals surface area contributed by atoms with Crippen molar-refractivity contribution in [1.29, 1.82) is 0 Å². The fraction of sp³-hybridized carbons (Fsp3) is 0.200. The molecule has 1 amide bonds. The summed E-state index contributed by atoms with van der Waals surface area (Å²) in [5, 5.41) is 0.775. The van der Waals surface area contributed by atoms with E-state index in [1.807, 2.05) is 36.5 Å². The van der Waals surface area contributed by atoms with Crippen molar-refractivity contribution in [2.75, 3.05) is 26.4 Å². The standard InChI is InChI=1S/C30H26Cl2N2O3/c31-27-8-6-24(18-28(27)32)30(35)34-11-12-36-13-14-37-29-9-7-23(25-5-2-10-33-19-25)17-26(29)16-21-3-1-4-22(15-21)20-34/h1-10,15,17-19H,11-14,16,20H2. The van der Waals surface area contributed by atoms with Gasteiger partial charge in [-0.2, -0.15) is 0 Å². The van der Waals surface area contributed by atoms with Crippen molar-refractivity contribution < 1.29 is 14.3 Å². The van der Waals surface area contributed by atoms with E-state index < -0.39 is 0 Å². The van der Waals surface area contributed by atoms with E-state index in [9.17, 15) is 4.79 Å². The highest BCUT2D eigenvalue weighted by molar-refractivity contribution is 6.42. The summed E-state index contributed by atoms with van der Waals surface area (Å²) in [4.78, 5) is 19.4. The van der Waals surface area contributed by atoms with Crippen LogP contribution in [0.5, 0.6) is 5.75 Å². The second kappa shape index (κ2) is 11.8. The number of nitrogens with zero attached hydrogens (tertiary/aromatic N) is 2. The van der Waals surface area contributed by atoms with Crippen molar-refractivity contribution in [2.45, 2.75) is 13.0 Å². The zero-order valence-corrected chi connectivity index (χ0v) is 21.7. The minimum Gasteiger partial charge on any atom is -0.491 e. The summed E-state index contributed by atoms with van der Waals surface area (Å²) in [6, 6.07) is 23.5. The summed E-state index contributed by atoms with van der Waals surface area (Å²) in [6.45, 7) is 2.12. The van der Waals surface area contributed by atoms with Gasteiger partial charge in [-0.3, -0.25) is 9.78 Å². The maximum Gasteiger partial charge on any atom is 0.254 e. The number of carbonyl (C=O) groups is 1. The summed E-state index contributed by atoms with van der Waals surface area (Å²) in [5.74, 6) is 0.720. The molecule has 1 aromatic heterocycles. The topological polar surface area (TPSA) is 51.7 Å². The van der Waals surface area contributed by atoms with Crippen LogP contribution >= 0.6 is 23.2 Å². The lowest BCUT2D eigenvalue weighted by atomic mass is 9.98. The molecule has 0 fully saturated rings. The zero-order chi connectivity index (χ0) is 25.6. The first kappa shape index (κ1) is 25.3. The fourth-order valence-corrected chi connectivity index (χ4v) is 4.70. The van der Waals surface area contributed by atoms with E-state index in [0.717, 1.165) is 33.6 Å². The molecule has 4 aromatic rings. The Bertz CT molecular complexity index is 1390. The number of carbonyl (C=O) groups excluding carboxylic acids is 1. The molecule has 0 radical (unpaired) electrons. The molecule has 0 N–H and O–H groups in total. The van der Waals surface area contributed by atoms with Crippen molar-refractivity contribution in [1.82, 2.24) is 9.88 Å². The van der Waals surface area contributed by atoms with Crippen molar-refractivity contribution in [2.24, 2.45) is 0 Å². The Labute approximate surface area is 226 Å². The van der Waals surface area contributed by atoms with Crippen LogP contribution < -0.4 is 4.74 Å². The zero-order valence-electron chi connectivity index (χ0n) is 20.2. The van der Waals surface area contributed by atoms with E-state index in [1.165, 1.54) is 0 Å². The first-order valence-corrected chi connectivity index (χ1v) is 12.9. The molecule has 7 heteroatoms. The lowest BCUT2D eigenvalue weighted by molar-refractivity contribution is 0.0571. The Hall–Kier alpha value is -3.38. The molecular formula is C30H26Cl2N2O3. The van der Waals surface area contributed by atoms with E-state index in [4.69, 9.17) is 32.7 Å². The summed E-state index contributed by atoms with van der Waals surface area (Å²) in [5.41, 5.74) is 5.89. The number of pyridine rings is 1. The van der Waals surface area contributed by atoms with Crippen LogP contribution in [0.4, 0.5) is 0 Å². The van der Waals surface area contributed by atoms with Crippen molar-refractivity contribution in [3.63, 3.8) is 0 Å². The lowest BCUT2D eigenvalue weighted by Crippen LogP contribution is -2.34. The third kappa shape index (κ3) is 6.31. The Balaban J connectivity index is 1.44.